The zero-order valence-corrected chi connectivity index (χ0v) is 12.5. The molecular formula is C14H18BrF3O. The molecule has 0 fully saturated rings. The SMILES string of the molecule is CCCCCCOc1ccc(CBr)cc1C(F)(F)F. The van der Waals surface area contributed by atoms with E-state index < -0.39 is 11.7 Å². The number of unbranched alkanes of at least 4 members (excludes halogenated alkanes) is 3. The molecule has 0 N–H and O–H groups in total. The highest BCUT2D eigenvalue weighted by atomic mass is 79.9. The number of hydrogen-bond donors (Lipinski definition) is 0. The Labute approximate surface area is 120 Å². The Kier molecular flexibility index (Phi) is 6.69. The van der Waals surface area contributed by atoms with E-state index in [1.54, 1.807) is 6.07 Å². The maximum atomic E-state index is 12.9. The monoisotopic (exact) mass is 338 g/mol. The smallest absolute Gasteiger partial charge is 0.419 e. The topological polar surface area (TPSA) is 9.23 Å². The molecule has 0 heterocycles. The zero-order chi connectivity index (χ0) is 14.3. The van der Waals surface area contributed by atoms with E-state index in [-0.39, 0.29) is 5.75 Å². The molecule has 0 aromatic heterocycles. The molecule has 108 valence electrons. The van der Waals surface area contributed by atoms with Crippen LogP contribution in [0.3, 0.4) is 0 Å². The van der Waals surface area contributed by atoms with Gasteiger partial charge in [-0.15, -0.1) is 0 Å². The van der Waals surface area contributed by atoms with Crippen LogP contribution in [-0.2, 0) is 11.5 Å². The predicted molar refractivity (Wildman–Crippen MR) is 73.7 cm³/mol. The van der Waals surface area contributed by atoms with E-state index >= 15 is 0 Å². The average molecular weight is 339 g/mol. The fraction of sp³-hybridized carbons (Fsp3) is 0.571. The fourth-order valence-corrected chi connectivity index (χ4v) is 2.07. The second-order valence-corrected chi connectivity index (χ2v) is 4.93. The Morgan fingerprint density at radius 2 is 1.89 bits per heavy atom. The van der Waals surface area contributed by atoms with Crippen LogP contribution in [0.5, 0.6) is 5.75 Å². The van der Waals surface area contributed by atoms with Crippen molar-refractivity contribution >= 4 is 15.9 Å². The summed E-state index contributed by atoms with van der Waals surface area (Å²) in [6.45, 7) is 2.42. The van der Waals surface area contributed by atoms with Crippen LogP contribution in [0.15, 0.2) is 18.2 Å². The van der Waals surface area contributed by atoms with E-state index in [0.717, 1.165) is 31.7 Å². The molecule has 0 saturated heterocycles. The lowest BCUT2D eigenvalue weighted by atomic mass is 10.1. The Balaban J connectivity index is 2.71. The molecular weight excluding hydrogens is 321 g/mol. The standard InChI is InChI=1S/C14H18BrF3O/c1-2-3-4-5-8-19-13-7-6-11(10-15)9-12(13)14(16,17)18/h6-7,9H,2-5,8,10H2,1H3. The second kappa shape index (κ2) is 7.78. The van der Waals surface area contributed by atoms with Crippen molar-refractivity contribution in [3.8, 4) is 5.75 Å². The Morgan fingerprint density at radius 3 is 2.47 bits per heavy atom. The number of benzene rings is 1. The van der Waals surface area contributed by atoms with Gasteiger partial charge in [-0.05, 0) is 24.1 Å². The summed E-state index contributed by atoms with van der Waals surface area (Å²) in [4.78, 5) is 0. The molecule has 0 spiro atoms. The van der Waals surface area contributed by atoms with Crippen LogP contribution in [0.25, 0.3) is 0 Å². The number of ether oxygens (including phenoxy) is 1. The lowest BCUT2D eigenvalue weighted by Gasteiger charge is -2.15. The molecule has 0 aliphatic rings. The van der Waals surface area contributed by atoms with Gasteiger partial charge in [0.25, 0.3) is 0 Å². The van der Waals surface area contributed by atoms with Gasteiger partial charge in [-0.3, -0.25) is 0 Å². The molecule has 0 radical (unpaired) electrons. The third-order valence-corrected chi connectivity index (χ3v) is 3.41. The van der Waals surface area contributed by atoms with Gasteiger partial charge >= 0.3 is 6.18 Å². The van der Waals surface area contributed by atoms with Gasteiger partial charge in [0.1, 0.15) is 5.75 Å². The predicted octanol–water partition coefficient (Wildman–Crippen LogP) is 5.56. The molecule has 0 atom stereocenters. The molecule has 0 amide bonds. The molecule has 1 rings (SSSR count). The molecule has 0 aliphatic carbocycles. The van der Waals surface area contributed by atoms with Crippen molar-refractivity contribution in [2.45, 2.75) is 44.1 Å². The van der Waals surface area contributed by atoms with Gasteiger partial charge < -0.3 is 4.74 Å². The molecule has 1 aromatic rings. The third kappa shape index (κ3) is 5.43. The Morgan fingerprint density at radius 1 is 1.16 bits per heavy atom. The molecule has 1 aromatic carbocycles. The fourth-order valence-electron chi connectivity index (χ4n) is 1.72. The highest BCUT2D eigenvalue weighted by molar-refractivity contribution is 9.08. The average Bonchev–Trinajstić information content (AvgIpc) is 2.37. The van der Waals surface area contributed by atoms with E-state index in [1.807, 2.05) is 0 Å². The van der Waals surface area contributed by atoms with Crippen LogP contribution >= 0.6 is 15.9 Å². The lowest BCUT2D eigenvalue weighted by Crippen LogP contribution is -2.10. The van der Waals surface area contributed by atoms with E-state index in [4.69, 9.17) is 4.74 Å². The number of hydrogen-bond acceptors (Lipinski definition) is 1. The lowest BCUT2D eigenvalue weighted by molar-refractivity contribution is -0.139. The third-order valence-electron chi connectivity index (χ3n) is 2.76. The summed E-state index contributed by atoms with van der Waals surface area (Å²) in [5, 5.41) is 0.396. The van der Waals surface area contributed by atoms with Crippen molar-refractivity contribution in [3.05, 3.63) is 29.3 Å². The minimum atomic E-state index is -4.38. The zero-order valence-electron chi connectivity index (χ0n) is 10.9. The van der Waals surface area contributed by atoms with E-state index in [0.29, 0.717) is 17.5 Å². The summed E-state index contributed by atoms with van der Waals surface area (Å²) in [7, 11) is 0. The van der Waals surface area contributed by atoms with Gasteiger partial charge in [-0.1, -0.05) is 48.2 Å². The van der Waals surface area contributed by atoms with Gasteiger partial charge in [0.05, 0.1) is 12.2 Å². The van der Waals surface area contributed by atoms with Crippen LogP contribution in [-0.4, -0.2) is 6.61 Å². The summed E-state index contributed by atoms with van der Waals surface area (Å²) in [6.07, 6.45) is -0.439. The first-order valence-corrected chi connectivity index (χ1v) is 7.50. The van der Waals surface area contributed by atoms with Gasteiger partial charge in [-0.2, -0.15) is 13.2 Å². The molecule has 5 heteroatoms. The minimum Gasteiger partial charge on any atom is -0.493 e. The van der Waals surface area contributed by atoms with Crippen molar-refractivity contribution in [2.24, 2.45) is 0 Å². The highest BCUT2D eigenvalue weighted by Crippen LogP contribution is 2.37. The highest BCUT2D eigenvalue weighted by Gasteiger charge is 2.34. The van der Waals surface area contributed by atoms with Gasteiger partial charge in [0.2, 0.25) is 0 Å². The number of halogens is 4. The number of rotatable bonds is 7. The van der Waals surface area contributed by atoms with Gasteiger partial charge in [0, 0.05) is 5.33 Å². The van der Waals surface area contributed by atoms with E-state index in [1.165, 1.54) is 6.07 Å². The van der Waals surface area contributed by atoms with Crippen molar-refractivity contribution in [2.75, 3.05) is 6.61 Å². The first-order valence-electron chi connectivity index (χ1n) is 6.38. The summed E-state index contributed by atoms with van der Waals surface area (Å²) in [6, 6.07) is 4.18. The molecule has 19 heavy (non-hydrogen) atoms. The van der Waals surface area contributed by atoms with Crippen molar-refractivity contribution in [1.29, 1.82) is 0 Å². The maximum Gasteiger partial charge on any atom is 0.419 e. The maximum absolute atomic E-state index is 12.9. The van der Waals surface area contributed by atoms with Crippen molar-refractivity contribution in [1.82, 2.24) is 0 Å². The van der Waals surface area contributed by atoms with Crippen LogP contribution in [0.1, 0.15) is 43.7 Å². The first-order chi connectivity index (χ1) is 8.99. The summed E-state index contributed by atoms with van der Waals surface area (Å²) in [5.41, 5.74) is -0.106. The Hall–Kier alpha value is -0.710. The van der Waals surface area contributed by atoms with Gasteiger partial charge in [-0.25, -0.2) is 0 Å². The number of alkyl halides is 4. The second-order valence-electron chi connectivity index (χ2n) is 4.37. The molecule has 0 unspecified atom stereocenters. The van der Waals surface area contributed by atoms with E-state index in [9.17, 15) is 13.2 Å². The molecule has 0 bridgehead atoms. The normalized spacial score (nSPS) is 11.6. The largest absolute Gasteiger partial charge is 0.493 e. The summed E-state index contributed by atoms with van der Waals surface area (Å²) < 4.78 is 44.0. The molecule has 1 nitrogen and oxygen atoms in total. The van der Waals surface area contributed by atoms with Gasteiger partial charge in [0.15, 0.2) is 0 Å². The summed E-state index contributed by atoms with van der Waals surface area (Å²) >= 11 is 3.16. The quantitative estimate of drug-likeness (QED) is 0.467. The van der Waals surface area contributed by atoms with Crippen LogP contribution in [0, 0.1) is 0 Å². The first kappa shape index (κ1) is 16.3. The van der Waals surface area contributed by atoms with E-state index in [2.05, 4.69) is 22.9 Å². The van der Waals surface area contributed by atoms with Crippen LogP contribution in [0.4, 0.5) is 13.2 Å². The van der Waals surface area contributed by atoms with Crippen molar-refractivity contribution in [3.63, 3.8) is 0 Å². The molecule has 0 aliphatic heterocycles. The van der Waals surface area contributed by atoms with Crippen LogP contribution < -0.4 is 4.74 Å². The van der Waals surface area contributed by atoms with Crippen molar-refractivity contribution < 1.29 is 17.9 Å². The summed E-state index contributed by atoms with van der Waals surface area (Å²) in [5.74, 6) is -0.0753. The minimum absolute atomic E-state index is 0.0753. The molecule has 0 saturated carbocycles. The Bertz CT molecular complexity index is 391. The van der Waals surface area contributed by atoms with Crippen LogP contribution in [0.2, 0.25) is 0 Å².